The third-order valence-corrected chi connectivity index (χ3v) is 10.9. The molecule has 4 saturated carbocycles. The van der Waals surface area contributed by atoms with Crippen molar-refractivity contribution < 1.29 is 14.3 Å². The number of ether oxygens (including phenoxy) is 2. The fourth-order valence-electron chi connectivity index (χ4n) is 9.16. The van der Waals surface area contributed by atoms with Gasteiger partial charge in [-0.3, -0.25) is 0 Å². The summed E-state index contributed by atoms with van der Waals surface area (Å²) in [5.41, 5.74) is 0.968. The lowest BCUT2D eigenvalue weighted by Gasteiger charge is -2.62. The zero-order valence-corrected chi connectivity index (χ0v) is 19.5. The van der Waals surface area contributed by atoms with Crippen molar-refractivity contribution >= 4 is 6.29 Å². The van der Waals surface area contributed by atoms with Gasteiger partial charge < -0.3 is 14.3 Å². The quantitative estimate of drug-likeness (QED) is 0.388. The molecule has 3 nitrogen and oxygen atoms in total. The van der Waals surface area contributed by atoms with Gasteiger partial charge in [-0.2, -0.15) is 0 Å². The SMILES string of the molecule is COC1(OC)CC[C@@]2(C)[C@H](CC[C@@H]3[C@@H]2CC[C@]2(C)[C@@H]([C@H](C)CCC=O)CC[C@@H]32)C1. The summed E-state index contributed by atoms with van der Waals surface area (Å²) in [7, 11) is 3.66. The molecule has 3 heteroatoms. The molecule has 8 atom stereocenters. The molecule has 0 radical (unpaired) electrons. The maximum atomic E-state index is 10.9. The maximum Gasteiger partial charge on any atom is 0.167 e. The minimum absolute atomic E-state index is 0.341. The number of carbonyl (C=O) groups is 1. The Morgan fingerprint density at radius 3 is 2.34 bits per heavy atom. The van der Waals surface area contributed by atoms with Crippen molar-refractivity contribution in [3.05, 3.63) is 0 Å². The highest BCUT2D eigenvalue weighted by Crippen LogP contribution is 2.69. The third kappa shape index (κ3) is 3.34. The molecule has 0 heterocycles. The molecule has 4 fully saturated rings. The summed E-state index contributed by atoms with van der Waals surface area (Å²) in [5, 5.41) is 0. The molecule has 4 rings (SSSR count). The van der Waals surface area contributed by atoms with Gasteiger partial charge in [0, 0.05) is 33.5 Å². The molecule has 0 aromatic heterocycles. The van der Waals surface area contributed by atoms with E-state index < -0.39 is 0 Å². The standard InChI is InChI=1S/C26H44O3/c1-18(7-6-16-27)21-10-11-22-20-9-8-19-17-26(28-4,29-5)15-14-24(19,2)23(20)12-13-25(21,22)3/h16,18-23H,6-15,17H2,1-5H3/t18-,19-,20+,21-,22+,23+,24+,25-/m1/s1. The average Bonchev–Trinajstić information content (AvgIpc) is 3.09. The van der Waals surface area contributed by atoms with Crippen LogP contribution in [0.25, 0.3) is 0 Å². The van der Waals surface area contributed by atoms with Crippen LogP contribution in [-0.2, 0) is 14.3 Å². The molecule has 0 aromatic carbocycles. The highest BCUT2D eigenvalue weighted by molar-refractivity contribution is 5.49. The van der Waals surface area contributed by atoms with Crippen molar-refractivity contribution in [1.82, 2.24) is 0 Å². The average molecular weight is 405 g/mol. The monoisotopic (exact) mass is 404 g/mol. The number of hydrogen-bond donors (Lipinski definition) is 0. The van der Waals surface area contributed by atoms with E-state index >= 15 is 0 Å². The summed E-state index contributed by atoms with van der Waals surface area (Å²) in [4.78, 5) is 10.9. The fourth-order valence-corrected chi connectivity index (χ4v) is 9.16. The van der Waals surface area contributed by atoms with Gasteiger partial charge in [0.25, 0.3) is 0 Å². The highest BCUT2D eigenvalue weighted by Gasteiger charge is 2.61. The minimum Gasteiger partial charge on any atom is -0.353 e. The molecule has 0 bridgehead atoms. The van der Waals surface area contributed by atoms with Crippen LogP contribution >= 0.6 is 0 Å². The molecule has 166 valence electrons. The van der Waals surface area contributed by atoms with Gasteiger partial charge in [0.15, 0.2) is 5.79 Å². The van der Waals surface area contributed by atoms with E-state index in [-0.39, 0.29) is 5.79 Å². The Morgan fingerprint density at radius 1 is 0.931 bits per heavy atom. The van der Waals surface area contributed by atoms with Crippen LogP contribution in [0, 0.1) is 46.3 Å². The number of hydrogen-bond acceptors (Lipinski definition) is 3. The number of carbonyl (C=O) groups excluding carboxylic acids is 1. The van der Waals surface area contributed by atoms with Gasteiger partial charge in [-0.05, 0) is 97.7 Å². The zero-order chi connectivity index (χ0) is 20.9. The summed E-state index contributed by atoms with van der Waals surface area (Å²) in [6.07, 6.45) is 14.7. The fraction of sp³-hybridized carbons (Fsp3) is 0.962. The van der Waals surface area contributed by atoms with E-state index in [1.54, 1.807) is 0 Å². The second kappa shape index (κ2) is 7.93. The third-order valence-electron chi connectivity index (χ3n) is 10.9. The largest absolute Gasteiger partial charge is 0.353 e. The predicted molar refractivity (Wildman–Crippen MR) is 116 cm³/mol. The van der Waals surface area contributed by atoms with Crippen molar-refractivity contribution in [3.8, 4) is 0 Å². The van der Waals surface area contributed by atoms with Crippen molar-refractivity contribution in [2.24, 2.45) is 46.3 Å². The summed E-state index contributed by atoms with van der Waals surface area (Å²) in [5.74, 6) is 4.61. The molecular weight excluding hydrogens is 360 g/mol. The molecular formula is C26H44O3. The predicted octanol–water partition coefficient (Wildman–Crippen LogP) is 6.25. The Balaban J connectivity index is 1.52. The van der Waals surface area contributed by atoms with Gasteiger partial charge in [-0.25, -0.2) is 0 Å². The van der Waals surface area contributed by atoms with E-state index in [2.05, 4.69) is 20.8 Å². The van der Waals surface area contributed by atoms with Gasteiger partial charge in [-0.1, -0.05) is 20.8 Å². The van der Waals surface area contributed by atoms with E-state index in [1.807, 2.05) is 14.2 Å². The first-order valence-corrected chi connectivity index (χ1v) is 12.4. The molecule has 0 unspecified atom stereocenters. The number of aldehydes is 1. The number of rotatable bonds is 6. The van der Waals surface area contributed by atoms with Crippen molar-refractivity contribution in [2.75, 3.05) is 14.2 Å². The van der Waals surface area contributed by atoms with E-state index in [0.29, 0.717) is 16.7 Å². The molecule has 4 aliphatic carbocycles. The van der Waals surface area contributed by atoms with E-state index in [4.69, 9.17) is 9.47 Å². The van der Waals surface area contributed by atoms with Crippen molar-refractivity contribution in [2.45, 2.75) is 97.2 Å². The normalized spacial score (nSPS) is 47.0. The van der Waals surface area contributed by atoms with Crippen LogP contribution in [0.3, 0.4) is 0 Å². The summed E-state index contributed by atoms with van der Waals surface area (Å²) in [6, 6.07) is 0. The van der Waals surface area contributed by atoms with Gasteiger partial charge >= 0.3 is 0 Å². The van der Waals surface area contributed by atoms with E-state index in [0.717, 1.165) is 61.6 Å². The van der Waals surface area contributed by atoms with Crippen LogP contribution in [0.4, 0.5) is 0 Å². The lowest BCUT2D eigenvalue weighted by molar-refractivity contribution is -0.261. The van der Waals surface area contributed by atoms with Crippen LogP contribution in [0.5, 0.6) is 0 Å². The Morgan fingerprint density at radius 2 is 1.66 bits per heavy atom. The van der Waals surface area contributed by atoms with Crippen molar-refractivity contribution in [3.63, 3.8) is 0 Å². The first-order valence-electron chi connectivity index (χ1n) is 12.4. The smallest absolute Gasteiger partial charge is 0.167 e. The first kappa shape index (κ1) is 21.8. The van der Waals surface area contributed by atoms with Crippen LogP contribution < -0.4 is 0 Å². The highest BCUT2D eigenvalue weighted by atomic mass is 16.7. The lowest BCUT2D eigenvalue weighted by atomic mass is 9.44. The van der Waals surface area contributed by atoms with Gasteiger partial charge in [0.1, 0.15) is 6.29 Å². The van der Waals surface area contributed by atoms with E-state index in [9.17, 15) is 4.79 Å². The Hall–Kier alpha value is -0.410. The topological polar surface area (TPSA) is 35.5 Å². The van der Waals surface area contributed by atoms with Crippen LogP contribution in [0.2, 0.25) is 0 Å². The molecule has 0 amide bonds. The second-order valence-corrected chi connectivity index (χ2v) is 11.6. The summed E-state index contributed by atoms with van der Waals surface area (Å²) in [6.45, 7) is 7.66. The molecule has 0 aromatic rings. The Kier molecular flexibility index (Phi) is 5.97. The zero-order valence-electron chi connectivity index (χ0n) is 19.5. The summed E-state index contributed by atoms with van der Waals surface area (Å²) >= 11 is 0. The second-order valence-electron chi connectivity index (χ2n) is 11.6. The van der Waals surface area contributed by atoms with Crippen LogP contribution in [0.15, 0.2) is 0 Å². The molecule has 0 aliphatic heterocycles. The van der Waals surface area contributed by atoms with Crippen molar-refractivity contribution in [1.29, 1.82) is 0 Å². The first-order chi connectivity index (χ1) is 13.8. The minimum atomic E-state index is -0.341. The molecule has 0 saturated heterocycles. The number of fused-ring (bicyclic) bond motifs is 5. The van der Waals surface area contributed by atoms with Crippen LogP contribution in [-0.4, -0.2) is 26.3 Å². The van der Waals surface area contributed by atoms with Gasteiger partial charge in [0.05, 0.1) is 0 Å². The molecule has 4 aliphatic rings. The molecule has 29 heavy (non-hydrogen) atoms. The molecule has 0 N–H and O–H groups in total. The van der Waals surface area contributed by atoms with Gasteiger partial charge in [0.2, 0.25) is 0 Å². The van der Waals surface area contributed by atoms with Gasteiger partial charge in [-0.15, -0.1) is 0 Å². The van der Waals surface area contributed by atoms with E-state index in [1.165, 1.54) is 44.9 Å². The van der Waals surface area contributed by atoms with Crippen LogP contribution in [0.1, 0.15) is 91.4 Å². The lowest BCUT2D eigenvalue weighted by Crippen LogP contribution is -2.56. The Labute approximate surface area is 178 Å². The number of methoxy groups -OCH3 is 2. The molecule has 0 spiro atoms. The Bertz CT molecular complexity index is 599. The maximum absolute atomic E-state index is 10.9. The summed E-state index contributed by atoms with van der Waals surface area (Å²) < 4.78 is 11.7.